The number of carbonyl (C=O) groups is 1. The fourth-order valence-corrected chi connectivity index (χ4v) is 7.87. The molecular weight excluding hydrogens is 876 g/mol. The van der Waals surface area contributed by atoms with Gasteiger partial charge in [-0.1, -0.05) is 225 Å². The second kappa shape index (κ2) is 49.9. The van der Waals surface area contributed by atoms with E-state index in [1.165, 1.54) is 64.2 Å². The summed E-state index contributed by atoms with van der Waals surface area (Å²) < 4.78 is 23.3. The summed E-state index contributed by atoms with van der Waals surface area (Å²) in [5, 5.41) is 13.8. The molecule has 0 radical (unpaired) electrons. The molecule has 0 heterocycles. The summed E-state index contributed by atoms with van der Waals surface area (Å²) in [6.45, 7) is 4.50. The third-order valence-electron chi connectivity index (χ3n) is 11.4. The summed E-state index contributed by atoms with van der Waals surface area (Å²) in [6.07, 6.45) is 74.0. The van der Waals surface area contributed by atoms with Crippen molar-refractivity contribution < 1.29 is 32.9 Å². The molecule has 0 saturated carbocycles. The minimum Gasteiger partial charge on any atom is -0.756 e. The summed E-state index contributed by atoms with van der Waals surface area (Å²) >= 11 is 0. The molecule has 3 unspecified atom stereocenters. The smallest absolute Gasteiger partial charge is 0.268 e. The van der Waals surface area contributed by atoms with E-state index >= 15 is 0 Å². The van der Waals surface area contributed by atoms with E-state index in [0.717, 1.165) is 116 Å². The highest BCUT2D eigenvalue weighted by Gasteiger charge is 2.23. The number of amides is 1. The lowest BCUT2D eigenvalue weighted by atomic mass is 10.0. The van der Waals surface area contributed by atoms with Gasteiger partial charge in [-0.05, 0) is 89.9 Å². The zero-order valence-electron chi connectivity index (χ0n) is 44.7. The molecule has 0 spiro atoms. The molecule has 0 aromatic carbocycles. The molecule has 0 aliphatic carbocycles. The number of aliphatic hydroxyl groups is 1. The first kappa shape index (κ1) is 65.9. The lowest BCUT2D eigenvalue weighted by Crippen LogP contribution is -2.45. The van der Waals surface area contributed by atoms with Gasteiger partial charge >= 0.3 is 0 Å². The molecular formula is C60H103N2O6P. The Labute approximate surface area is 424 Å². The van der Waals surface area contributed by atoms with Crippen LogP contribution in [0.4, 0.5) is 0 Å². The molecule has 0 aromatic heterocycles. The number of aliphatic hydroxyl groups excluding tert-OH is 1. The molecule has 9 heteroatoms. The Morgan fingerprint density at radius 1 is 0.522 bits per heavy atom. The van der Waals surface area contributed by atoms with E-state index in [4.69, 9.17) is 9.05 Å². The van der Waals surface area contributed by atoms with Gasteiger partial charge in [0, 0.05) is 6.42 Å². The Bertz CT molecular complexity index is 1530. The third kappa shape index (κ3) is 52.6. The fourth-order valence-electron chi connectivity index (χ4n) is 7.14. The highest BCUT2D eigenvalue weighted by Crippen LogP contribution is 2.38. The molecule has 8 nitrogen and oxygen atoms in total. The lowest BCUT2D eigenvalue weighted by molar-refractivity contribution is -0.870. The van der Waals surface area contributed by atoms with Crippen LogP contribution in [0.5, 0.6) is 0 Å². The summed E-state index contributed by atoms with van der Waals surface area (Å²) in [4.78, 5) is 25.4. The number of phosphoric ester groups is 1. The highest BCUT2D eigenvalue weighted by atomic mass is 31.2. The van der Waals surface area contributed by atoms with Crippen LogP contribution >= 0.6 is 7.82 Å². The number of quaternary nitrogens is 1. The zero-order valence-corrected chi connectivity index (χ0v) is 45.6. The van der Waals surface area contributed by atoms with Gasteiger partial charge in [0.15, 0.2) is 0 Å². The molecule has 0 aromatic rings. The Morgan fingerprint density at radius 3 is 1.29 bits per heavy atom. The van der Waals surface area contributed by atoms with Gasteiger partial charge < -0.3 is 28.8 Å². The number of unbranched alkanes of at least 4 members (excludes halogenated alkanes) is 17. The number of hydrogen-bond acceptors (Lipinski definition) is 6. The first-order chi connectivity index (χ1) is 33.5. The maximum atomic E-state index is 12.9. The van der Waals surface area contributed by atoms with Crippen LogP contribution in [0.3, 0.4) is 0 Å². The number of hydrogen-bond donors (Lipinski definition) is 2. The molecule has 69 heavy (non-hydrogen) atoms. The first-order valence-electron chi connectivity index (χ1n) is 27.4. The van der Waals surface area contributed by atoms with E-state index in [1.54, 1.807) is 6.08 Å². The number of likely N-dealkylation sites (N-methyl/N-ethyl adjacent to an activating group) is 1. The van der Waals surface area contributed by atoms with Crippen LogP contribution in [0.25, 0.3) is 0 Å². The van der Waals surface area contributed by atoms with Crippen molar-refractivity contribution in [1.29, 1.82) is 0 Å². The number of phosphoric acid groups is 1. The number of nitrogens with zero attached hydrogens (tertiary/aromatic N) is 1. The van der Waals surface area contributed by atoms with Gasteiger partial charge in [0.05, 0.1) is 39.9 Å². The van der Waals surface area contributed by atoms with Gasteiger partial charge in [-0.3, -0.25) is 9.36 Å². The molecule has 0 saturated heterocycles. The summed E-state index contributed by atoms with van der Waals surface area (Å²) in [5.41, 5.74) is 0. The van der Waals surface area contributed by atoms with Crippen molar-refractivity contribution in [2.45, 2.75) is 212 Å². The molecule has 3 atom stereocenters. The van der Waals surface area contributed by atoms with Crippen LogP contribution in [0.1, 0.15) is 200 Å². The Morgan fingerprint density at radius 2 is 0.884 bits per heavy atom. The molecule has 394 valence electrons. The van der Waals surface area contributed by atoms with E-state index in [0.29, 0.717) is 17.4 Å². The van der Waals surface area contributed by atoms with Crippen molar-refractivity contribution in [3.05, 3.63) is 122 Å². The van der Waals surface area contributed by atoms with E-state index in [-0.39, 0.29) is 12.5 Å². The molecule has 0 aliphatic heterocycles. The van der Waals surface area contributed by atoms with Crippen LogP contribution in [0.2, 0.25) is 0 Å². The standard InChI is InChI=1S/C60H103N2O6P/c1-6-8-10-12-14-16-18-20-22-23-24-25-26-27-28-29-30-31-32-33-34-35-36-37-38-39-40-42-44-46-48-50-52-54-60(64)61-58(57-68-69(65,66)67-56-55-62(3,4)5)59(63)53-51-49-47-45-43-41-21-19-17-15-13-11-9-7-2/h8,10,14,16,20,22,24-25,27-28,30-31,33-34,36-37,39-40,51,53,58-59,63H,6-7,9,11-13,15,17-19,21,23,26,29,32,35,38,41-50,52,54-57H2,1-5H3,(H-,61,64,65,66)/b10-8-,16-14-,22-20-,25-24-,28-27-,31-30-,34-33-,37-36-,40-39-,53-51+. The monoisotopic (exact) mass is 979 g/mol. The second-order valence-electron chi connectivity index (χ2n) is 19.2. The molecule has 1 amide bonds. The predicted molar refractivity (Wildman–Crippen MR) is 297 cm³/mol. The lowest BCUT2D eigenvalue weighted by Gasteiger charge is -2.29. The van der Waals surface area contributed by atoms with Crippen molar-refractivity contribution in [3.8, 4) is 0 Å². The summed E-state index contributed by atoms with van der Waals surface area (Å²) in [6, 6.07) is -0.905. The summed E-state index contributed by atoms with van der Waals surface area (Å²) in [7, 11) is 1.23. The Balaban J connectivity index is 4.28. The minimum atomic E-state index is -4.61. The van der Waals surface area contributed by atoms with Crippen LogP contribution in [-0.2, 0) is 18.4 Å². The SMILES string of the molecule is CC/C=C\C/C=C\C/C=C\C/C=C\C/C=C\C/C=C\C/C=C\C/C=C\C/C=C\CCCCCCCC(=O)NC(COP(=O)([O-])OCC[N+](C)(C)C)C(O)/C=C/CCCCCCCCCCCCCC. The van der Waals surface area contributed by atoms with Crippen LogP contribution < -0.4 is 10.2 Å². The van der Waals surface area contributed by atoms with Gasteiger partial charge in [-0.2, -0.15) is 0 Å². The van der Waals surface area contributed by atoms with Crippen molar-refractivity contribution in [2.24, 2.45) is 0 Å². The maximum Gasteiger partial charge on any atom is 0.268 e. The minimum absolute atomic E-state index is 0.0117. The second-order valence-corrected chi connectivity index (χ2v) is 20.6. The average Bonchev–Trinajstić information content (AvgIpc) is 3.31. The van der Waals surface area contributed by atoms with Gasteiger partial charge in [0.2, 0.25) is 5.91 Å². The Hall–Kier alpha value is -3.10. The number of rotatable bonds is 48. The van der Waals surface area contributed by atoms with Crippen LogP contribution in [0.15, 0.2) is 122 Å². The molecule has 0 fully saturated rings. The summed E-state index contributed by atoms with van der Waals surface area (Å²) in [5.74, 6) is -0.222. The van der Waals surface area contributed by atoms with Gasteiger partial charge in [0.25, 0.3) is 7.82 Å². The number of nitrogens with one attached hydrogen (secondary N) is 1. The van der Waals surface area contributed by atoms with Gasteiger partial charge in [-0.25, -0.2) is 0 Å². The highest BCUT2D eigenvalue weighted by molar-refractivity contribution is 7.45. The van der Waals surface area contributed by atoms with Crippen molar-refractivity contribution in [3.63, 3.8) is 0 Å². The molecule has 0 rings (SSSR count). The average molecular weight is 979 g/mol. The largest absolute Gasteiger partial charge is 0.756 e. The van der Waals surface area contributed by atoms with Crippen LogP contribution in [0, 0.1) is 0 Å². The number of carbonyl (C=O) groups excluding carboxylic acids is 1. The predicted octanol–water partition coefficient (Wildman–Crippen LogP) is 16.0. The van der Waals surface area contributed by atoms with Crippen LogP contribution in [-0.4, -0.2) is 68.5 Å². The van der Waals surface area contributed by atoms with Gasteiger partial charge in [0.1, 0.15) is 13.2 Å². The fraction of sp³-hybridized carbons (Fsp3) is 0.650. The van der Waals surface area contributed by atoms with E-state index < -0.39 is 26.6 Å². The van der Waals surface area contributed by atoms with E-state index in [1.807, 2.05) is 27.2 Å². The maximum absolute atomic E-state index is 12.9. The normalized spacial score (nSPS) is 14.9. The third-order valence-corrected chi connectivity index (χ3v) is 12.4. The molecule has 2 N–H and O–H groups in total. The quantitative estimate of drug-likeness (QED) is 0.0272. The van der Waals surface area contributed by atoms with E-state index in [9.17, 15) is 19.4 Å². The van der Waals surface area contributed by atoms with Crippen molar-refractivity contribution in [2.75, 3.05) is 40.9 Å². The van der Waals surface area contributed by atoms with Gasteiger partial charge in [-0.15, -0.1) is 0 Å². The molecule has 0 aliphatic rings. The Kier molecular flexibility index (Phi) is 47.6. The topological polar surface area (TPSA) is 108 Å². The first-order valence-corrected chi connectivity index (χ1v) is 28.9. The zero-order chi connectivity index (χ0) is 50.6. The number of allylic oxidation sites excluding steroid dienone is 19. The molecule has 0 bridgehead atoms. The van der Waals surface area contributed by atoms with Crippen molar-refractivity contribution >= 4 is 13.7 Å². The van der Waals surface area contributed by atoms with E-state index in [2.05, 4.69) is 129 Å². The van der Waals surface area contributed by atoms with Crippen molar-refractivity contribution in [1.82, 2.24) is 5.32 Å².